The molecule has 2 unspecified atom stereocenters. The largest absolute Gasteiger partial charge is 0.380 e. The number of allylic oxidation sites excluding steroid dienone is 7. The second-order valence-electron chi connectivity index (χ2n) is 7.23. The molecule has 4 rings (SSSR count). The van der Waals surface area contributed by atoms with Crippen LogP contribution in [0.15, 0.2) is 42.9 Å². The van der Waals surface area contributed by atoms with E-state index >= 15 is 0 Å². The molecule has 136 valence electrons. The number of alkyl halides is 6. The summed E-state index contributed by atoms with van der Waals surface area (Å²) in [5.74, 6) is -15.3. The fourth-order valence-electron chi connectivity index (χ4n) is 4.30. The predicted molar refractivity (Wildman–Crippen MR) is 87.8 cm³/mol. The van der Waals surface area contributed by atoms with Crippen LogP contribution in [-0.2, 0) is 0 Å². The molecule has 2 heterocycles. The van der Waals surface area contributed by atoms with E-state index in [9.17, 15) is 26.3 Å². The molecule has 0 spiro atoms. The highest BCUT2D eigenvalue weighted by Gasteiger charge is 2.84. The predicted octanol–water partition coefficient (Wildman–Crippen LogP) is 6.74. The van der Waals surface area contributed by atoms with E-state index in [1.165, 1.54) is 0 Å². The van der Waals surface area contributed by atoms with Gasteiger partial charge in [0.1, 0.15) is 0 Å². The van der Waals surface area contributed by atoms with E-state index in [1.54, 1.807) is 39.2 Å². The molecule has 0 nitrogen and oxygen atoms in total. The number of fused-ring (bicyclic) bond motifs is 4. The third kappa shape index (κ3) is 1.55. The highest BCUT2D eigenvalue weighted by Crippen LogP contribution is 2.77. The molecule has 4 aliphatic rings. The highest BCUT2D eigenvalue weighted by molar-refractivity contribution is 8.07. The molecule has 2 aliphatic carbocycles. The molecule has 1 fully saturated rings. The third-order valence-electron chi connectivity index (χ3n) is 5.98. The van der Waals surface area contributed by atoms with Gasteiger partial charge in [-0.1, -0.05) is 37.3 Å². The van der Waals surface area contributed by atoms with Crippen molar-refractivity contribution in [2.24, 2.45) is 10.8 Å². The van der Waals surface area contributed by atoms with E-state index in [1.807, 2.05) is 0 Å². The van der Waals surface area contributed by atoms with Crippen molar-refractivity contribution in [2.45, 2.75) is 45.5 Å². The minimum Gasteiger partial charge on any atom is -0.194 e. The van der Waals surface area contributed by atoms with E-state index in [0.717, 1.165) is 23.5 Å². The van der Waals surface area contributed by atoms with Crippen LogP contribution >= 0.6 is 23.5 Å². The van der Waals surface area contributed by atoms with Crippen LogP contribution < -0.4 is 0 Å². The van der Waals surface area contributed by atoms with E-state index < -0.39 is 39.7 Å². The monoisotopic (exact) mass is 396 g/mol. The smallest absolute Gasteiger partial charge is 0.194 e. The van der Waals surface area contributed by atoms with Crippen molar-refractivity contribution in [3.8, 4) is 0 Å². The molecule has 0 radical (unpaired) electrons. The van der Waals surface area contributed by atoms with Gasteiger partial charge in [0, 0.05) is 31.8 Å². The van der Waals surface area contributed by atoms with E-state index in [2.05, 4.69) is 0 Å². The maximum absolute atomic E-state index is 14.6. The SMILES string of the molecule is CC1=CC2(C)C(=C3C(=C4SC=C(C)C42C)C(F)(F)C(F)(F)C3(F)F)S1. The van der Waals surface area contributed by atoms with Gasteiger partial charge in [-0.05, 0) is 24.2 Å². The molecule has 8 heteroatoms. The maximum Gasteiger partial charge on any atom is 0.380 e. The molecule has 0 N–H and O–H groups in total. The van der Waals surface area contributed by atoms with Crippen molar-refractivity contribution in [2.75, 3.05) is 0 Å². The summed E-state index contributed by atoms with van der Waals surface area (Å²) in [6.45, 7) is 6.75. The second kappa shape index (κ2) is 4.38. The van der Waals surface area contributed by atoms with Crippen LogP contribution in [0.2, 0.25) is 0 Å². The van der Waals surface area contributed by atoms with Gasteiger partial charge in [-0.15, -0.1) is 11.8 Å². The van der Waals surface area contributed by atoms with Crippen LogP contribution in [-0.4, -0.2) is 17.8 Å². The van der Waals surface area contributed by atoms with Gasteiger partial charge < -0.3 is 0 Å². The van der Waals surface area contributed by atoms with Gasteiger partial charge in [0.25, 0.3) is 0 Å². The summed E-state index contributed by atoms with van der Waals surface area (Å²) in [5.41, 5.74) is -3.74. The summed E-state index contributed by atoms with van der Waals surface area (Å²) >= 11 is 1.76. The topological polar surface area (TPSA) is 0 Å². The maximum atomic E-state index is 14.6. The van der Waals surface area contributed by atoms with Crippen LogP contribution in [0, 0.1) is 10.8 Å². The number of rotatable bonds is 0. The number of hydrogen-bond acceptors (Lipinski definition) is 2. The van der Waals surface area contributed by atoms with E-state index in [-0.39, 0.29) is 9.81 Å². The van der Waals surface area contributed by atoms with Gasteiger partial charge in [0.05, 0.1) is 0 Å². The molecule has 2 aliphatic heterocycles. The Morgan fingerprint density at radius 1 is 0.840 bits per heavy atom. The Kier molecular flexibility index (Phi) is 3.09. The molecule has 0 amide bonds. The lowest BCUT2D eigenvalue weighted by Gasteiger charge is -2.47. The summed E-state index contributed by atoms with van der Waals surface area (Å²) < 4.78 is 86.6. The second-order valence-corrected chi connectivity index (χ2v) is 9.37. The zero-order valence-electron chi connectivity index (χ0n) is 13.7. The first kappa shape index (κ1) is 17.6. The molecule has 1 saturated carbocycles. The number of hydrogen-bond donors (Lipinski definition) is 0. The van der Waals surface area contributed by atoms with E-state index in [0.29, 0.717) is 10.5 Å². The molecule has 25 heavy (non-hydrogen) atoms. The van der Waals surface area contributed by atoms with Crippen LogP contribution in [0.25, 0.3) is 0 Å². The molecule has 0 saturated heterocycles. The molecular weight excluding hydrogens is 382 g/mol. The van der Waals surface area contributed by atoms with Gasteiger partial charge in [0.15, 0.2) is 0 Å². The zero-order chi connectivity index (χ0) is 18.8. The summed E-state index contributed by atoms with van der Waals surface area (Å²) in [5, 5.41) is 1.60. The quantitative estimate of drug-likeness (QED) is 0.416. The average molecular weight is 396 g/mol. The Morgan fingerprint density at radius 2 is 1.36 bits per heavy atom. The van der Waals surface area contributed by atoms with Crippen molar-refractivity contribution >= 4 is 23.5 Å². The standard InChI is InChI=1S/C17H14F6S2/c1-7-6-24-12-10-9(15(18,19)17(22,23)16(10,20)21)11-13(3,14(7,12)4)5-8(2)25-11/h5-6H,1-4H3. The number of thioether (sulfide) groups is 2. The zero-order valence-corrected chi connectivity index (χ0v) is 15.4. The first-order valence-corrected chi connectivity index (χ1v) is 9.29. The first-order valence-electron chi connectivity index (χ1n) is 7.60. The molecule has 0 aromatic carbocycles. The van der Waals surface area contributed by atoms with Crippen molar-refractivity contribution < 1.29 is 26.3 Å². The van der Waals surface area contributed by atoms with Crippen molar-refractivity contribution in [3.05, 3.63) is 42.9 Å². The molecular formula is C17H14F6S2. The fourth-order valence-corrected chi connectivity index (χ4v) is 7.22. The lowest BCUT2D eigenvalue weighted by atomic mass is 9.57. The first-order chi connectivity index (χ1) is 11.2. The fraction of sp³-hybridized carbons (Fsp3) is 0.529. The van der Waals surface area contributed by atoms with Crippen molar-refractivity contribution in [3.63, 3.8) is 0 Å². The lowest BCUT2D eigenvalue weighted by Crippen LogP contribution is -2.47. The van der Waals surface area contributed by atoms with Gasteiger partial charge in [-0.2, -0.15) is 26.3 Å². The van der Waals surface area contributed by atoms with E-state index in [4.69, 9.17) is 0 Å². The number of halogens is 6. The Morgan fingerprint density at radius 3 is 1.92 bits per heavy atom. The minimum absolute atomic E-state index is 0.0802. The van der Waals surface area contributed by atoms with Gasteiger partial charge in [0.2, 0.25) is 0 Å². The van der Waals surface area contributed by atoms with Crippen molar-refractivity contribution in [1.29, 1.82) is 0 Å². The normalized spacial score (nSPS) is 39.9. The summed E-state index contributed by atoms with van der Waals surface area (Å²) in [6, 6.07) is 0. The Balaban J connectivity index is 2.19. The molecule has 2 atom stereocenters. The summed E-state index contributed by atoms with van der Waals surface area (Å²) in [7, 11) is 0. The van der Waals surface area contributed by atoms with Crippen LogP contribution in [0.1, 0.15) is 27.7 Å². The Labute approximate surface area is 149 Å². The average Bonchev–Trinajstić information content (AvgIpc) is 2.98. The van der Waals surface area contributed by atoms with Crippen LogP contribution in [0.5, 0.6) is 0 Å². The van der Waals surface area contributed by atoms with Gasteiger partial charge in [-0.3, -0.25) is 0 Å². The molecule has 0 aromatic rings. The minimum atomic E-state index is -5.45. The van der Waals surface area contributed by atoms with Crippen LogP contribution in [0.4, 0.5) is 26.3 Å². The van der Waals surface area contributed by atoms with Crippen LogP contribution in [0.3, 0.4) is 0 Å². The van der Waals surface area contributed by atoms with Gasteiger partial charge >= 0.3 is 17.8 Å². The molecule has 0 bridgehead atoms. The Bertz CT molecular complexity index is 829. The summed E-state index contributed by atoms with van der Waals surface area (Å²) in [4.78, 5) is 0.480. The third-order valence-corrected chi connectivity index (χ3v) is 8.57. The summed E-state index contributed by atoms with van der Waals surface area (Å²) in [6.07, 6.45) is 1.74. The van der Waals surface area contributed by atoms with Gasteiger partial charge in [-0.25, -0.2) is 0 Å². The lowest BCUT2D eigenvalue weighted by molar-refractivity contribution is -0.258. The Hall–Kier alpha value is -0.760. The van der Waals surface area contributed by atoms with Crippen molar-refractivity contribution in [1.82, 2.24) is 0 Å². The molecule has 0 aromatic heterocycles. The highest BCUT2D eigenvalue weighted by atomic mass is 32.2.